The number of nitrogens with zero attached hydrogens (tertiary/aromatic N) is 1. The Balaban J connectivity index is 1.80. The maximum atomic E-state index is 12.9. The molecule has 1 fully saturated rings. The van der Waals surface area contributed by atoms with Gasteiger partial charge in [-0.15, -0.1) is 0 Å². The number of sulfonamides is 1. The first-order chi connectivity index (χ1) is 14.4. The average Bonchev–Trinajstić information content (AvgIpc) is 2.79. The molecule has 0 aromatic heterocycles. The van der Waals surface area contributed by atoms with E-state index >= 15 is 0 Å². The highest BCUT2D eigenvalue weighted by molar-refractivity contribution is 7.89. The third-order valence-corrected chi connectivity index (χ3v) is 6.85. The molecular formula is C21H26N2O6S. The molecule has 1 atom stereocenters. The van der Waals surface area contributed by atoms with Crippen LogP contribution in [-0.2, 0) is 14.8 Å². The predicted octanol–water partition coefficient (Wildman–Crippen LogP) is 2.22. The number of carbonyl (C=O) groups is 1. The van der Waals surface area contributed by atoms with Gasteiger partial charge in [0.05, 0.1) is 38.4 Å². The highest BCUT2D eigenvalue weighted by Gasteiger charge is 2.27. The topological polar surface area (TPSA) is 94.2 Å². The van der Waals surface area contributed by atoms with Gasteiger partial charge in [-0.25, -0.2) is 8.42 Å². The second kappa shape index (κ2) is 9.46. The van der Waals surface area contributed by atoms with E-state index in [2.05, 4.69) is 5.32 Å². The Morgan fingerprint density at radius 2 is 1.83 bits per heavy atom. The van der Waals surface area contributed by atoms with Gasteiger partial charge < -0.3 is 19.5 Å². The van der Waals surface area contributed by atoms with Crippen molar-refractivity contribution in [3.05, 3.63) is 53.6 Å². The number of hydrogen-bond acceptors (Lipinski definition) is 6. The molecule has 0 bridgehead atoms. The fourth-order valence-corrected chi connectivity index (χ4v) is 4.72. The molecule has 2 aromatic rings. The molecule has 0 aliphatic carbocycles. The quantitative estimate of drug-likeness (QED) is 0.718. The summed E-state index contributed by atoms with van der Waals surface area (Å²) in [6.07, 6.45) is 0. The molecule has 1 saturated heterocycles. The molecular weight excluding hydrogens is 408 g/mol. The van der Waals surface area contributed by atoms with Crippen molar-refractivity contribution in [1.82, 2.24) is 9.62 Å². The van der Waals surface area contributed by atoms with Crippen molar-refractivity contribution in [2.45, 2.75) is 17.9 Å². The van der Waals surface area contributed by atoms with Crippen molar-refractivity contribution in [3.63, 3.8) is 0 Å². The van der Waals surface area contributed by atoms with Gasteiger partial charge in [-0.1, -0.05) is 6.07 Å². The Labute approximate surface area is 176 Å². The molecule has 30 heavy (non-hydrogen) atoms. The number of nitrogens with one attached hydrogen (secondary N) is 1. The summed E-state index contributed by atoms with van der Waals surface area (Å²) in [5, 5.41) is 2.89. The SMILES string of the molecule is COc1ccc(OC)c([C@@H](C)NC(=O)c2cccc(S(=O)(=O)N3CCOCC3)c2)c1. The van der Waals surface area contributed by atoms with E-state index in [9.17, 15) is 13.2 Å². The van der Waals surface area contributed by atoms with Crippen LogP contribution in [0.1, 0.15) is 28.9 Å². The van der Waals surface area contributed by atoms with Crippen LogP contribution in [0.25, 0.3) is 0 Å². The summed E-state index contributed by atoms with van der Waals surface area (Å²) in [5.74, 6) is 0.879. The monoisotopic (exact) mass is 434 g/mol. The Kier molecular flexibility index (Phi) is 6.96. The normalized spacial score (nSPS) is 16.0. The number of benzene rings is 2. The van der Waals surface area contributed by atoms with Crippen LogP contribution in [0.2, 0.25) is 0 Å². The van der Waals surface area contributed by atoms with Crippen molar-refractivity contribution in [1.29, 1.82) is 0 Å². The molecule has 0 radical (unpaired) electrons. The van der Waals surface area contributed by atoms with Crippen LogP contribution in [0, 0.1) is 0 Å². The smallest absolute Gasteiger partial charge is 0.251 e. The molecule has 1 amide bonds. The summed E-state index contributed by atoms with van der Waals surface area (Å²) < 4.78 is 43.0. The zero-order chi connectivity index (χ0) is 21.7. The third kappa shape index (κ3) is 4.75. The molecule has 162 valence electrons. The predicted molar refractivity (Wildman–Crippen MR) is 111 cm³/mol. The van der Waals surface area contributed by atoms with Gasteiger partial charge in [0.1, 0.15) is 11.5 Å². The molecule has 1 N–H and O–H groups in total. The van der Waals surface area contributed by atoms with Crippen LogP contribution < -0.4 is 14.8 Å². The fourth-order valence-electron chi connectivity index (χ4n) is 3.27. The van der Waals surface area contributed by atoms with Gasteiger partial charge in [0.2, 0.25) is 10.0 Å². The molecule has 3 rings (SSSR count). The number of amides is 1. The summed E-state index contributed by atoms with van der Waals surface area (Å²) in [5.41, 5.74) is 1.01. The minimum Gasteiger partial charge on any atom is -0.497 e. The van der Waals surface area contributed by atoms with Gasteiger partial charge >= 0.3 is 0 Å². The number of ether oxygens (including phenoxy) is 3. The van der Waals surface area contributed by atoms with E-state index < -0.39 is 10.0 Å². The molecule has 1 heterocycles. The first-order valence-electron chi connectivity index (χ1n) is 9.57. The zero-order valence-corrected chi connectivity index (χ0v) is 18.1. The number of rotatable bonds is 7. The highest BCUT2D eigenvalue weighted by Crippen LogP contribution is 2.29. The van der Waals surface area contributed by atoms with Crippen molar-refractivity contribution < 1.29 is 27.4 Å². The lowest BCUT2D eigenvalue weighted by Gasteiger charge is -2.26. The van der Waals surface area contributed by atoms with Crippen molar-refractivity contribution in [2.75, 3.05) is 40.5 Å². The van der Waals surface area contributed by atoms with Gasteiger partial charge in [0, 0.05) is 24.2 Å². The number of hydrogen-bond donors (Lipinski definition) is 1. The van der Waals surface area contributed by atoms with E-state index in [1.54, 1.807) is 44.6 Å². The van der Waals surface area contributed by atoms with Crippen molar-refractivity contribution in [2.24, 2.45) is 0 Å². The zero-order valence-electron chi connectivity index (χ0n) is 17.3. The summed E-state index contributed by atoms with van der Waals surface area (Å²) >= 11 is 0. The Hall–Kier alpha value is -2.62. The maximum Gasteiger partial charge on any atom is 0.251 e. The minimum atomic E-state index is -3.68. The summed E-state index contributed by atoms with van der Waals surface area (Å²) in [7, 11) is -0.561. The van der Waals surface area contributed by atoms with Crippen LogP contribution >= 0.6 is 0 Å². The lowest BCUT2D eigenvalue weighted by Crippen LogP contribution is -2.40. The molecule has 8 nitrogen and oxygen atoms in total. The van der Waals surface area contributed by atoms with Gasteiger partial charge in [-0.05, 0) is 43.3 Å². The van der Waals surface area contributed by atoms with E-state index in [0.29, 0.717) is 37.8 Å². The third-order valence-electron chi connectivity index (χ3n) is 4.96. The van der Waals surface area contributed by atoms with Crippen molar-refractivity contribution >= 4 is 15.9 Å². The molecule has 1 aliphatic heterocycles. The highest BCUT2D eigenvalue weighted by atomic mass is 32.2. The molecule has 0 saturated carbocycles. The lowest BCUT2D eigenvalue weighted by atomic mass is 10.1. The van der Waals surface area contributed by atoms with Gasteiger partial charge in [0.15, 0.2) is 0 Å². The van der Waals surface area contributed by atoms with Crippen LogP contribution in [0.4, 0.5) is 0 Å². The van der Waals surface area contributed by atoms with Gasteiger partial charge in [-0.3, -0.25) is 4.79 Å². The summed E-state index contributed by atoms with van der Waals surface area (Å²) in [6.45, 7) is 3.14. The largest absolute Gasteiger partial charge is 0.497 e. The number of carbonyl (C=O) groups excluding carboxylic acids is 1. The van der Waals surface area contributed by atoms with Crippen LogP contribution in [0.5, 0.6) is 11.5 Å². The second-order valence-corrected chi connectivity index (χ2v) is 8.79. The molecule has 1 aliphatic rings. The number of morpholine rings is 1. The first-order valence-corrected chi connectivity index (χ1v) is 11.0. The standard InChI is InChI=1S/C21H26N2O6S/c1-15(19-14-17(27-2)7-8-20(19)28-3)22-21(24)16-5-4-6-18(13-16)30(25,26)23-9-11-29-12-10-23/h4-8,13-15H,9-12H2,1-3H3,(H,22,24)/t15-/m1/s1. The van der Waals surface area contributed by atoms with E-state index in [4.69, 9.17) is 14.2 Å². The van der Waals surface area contributed by atoms with Crippen LogP contribution in [-0.4, -0.2) is 59.2 Å². The maximum absolute atomic E-state index is 12.9. The average molecular weight is 435 g/mol. The molecule has 0 unspecified atom stereocenters. The van der Waals surface area contributed by atoms with E-state index in [0.717, 1.165) is 5.56 Å². The van der Waals surface area contributed by atoms with Gasteiger partial charge in [-0.2, -0.15) is 4.31 Å². The van der Waals surface area contributed by atoms with E-state index in [1.807, 2.05) is 6.92 Å². The second-order valence-electron chi connectivity index (χ2n) is 6.85. The van der Waals surface area contributed by atoms with Crippen LogP contribution in [0.3, 0.4) is 0 Å². The minimum absolute atomic E-state index is 0.0867. The van der Waals surface area contributed by atoms with Crippen LogP contribution in [0.15, 0.2) is 47.4 Å². The Morgan fingerprint density at radius 3 is 2.50 bits per heavy atom. The molecule has 2 aromatic carbocycles. The first kappa shape index (κ1) is 22.1. The van der Waals surface area contributed by atoms with E-state index in [-0.39, 0.29) is 22.4 Å². The summed E-state index contributed by atoms with van der Waals surface area (Å²) in [4.78, 5) is 12.9. The molecule has 0 spiro atoms. The lowest BCUT2D eigenvalue weighted by molar-refractivity contribution is 0.0730. The van der Waals surface area contributed by atoms with Crippen molar-refractivity contribution in [3.8, 4) is 11.5 Å². The molecule has 9 heteroatoms. The Morgan fingerprint density at radius 1 is 1.10 bits per heavy atom. The number of methoxy groups -OCH3 is 2. The van der Waals surface area contributed by atoms with E-state index in [1.165, 1.54) is 16.4 Å². The fraction of sp³-hybridized carbons (Fsp3) is 0.381. The summed E-state index contributed by atoms with van der Waals surface area (Å²) in [6, 6.07) is 11.0. The Bertz CT molecular complexity index is 1000. The van der Waals surface area contributed by atoms with Gasteiger partial charge in [0.25, 0.3) is 5.91 Å².